The number of nitrogens with zero attached hydrogens (tertiary/aromatic N) is 2. The van der Waals surface area contributed by atoms with Crippen molar-refractivity contribution in [2.75, 3.05) is 12.4 Å². The Hall–Kier alpha value is -2.04. The molecule has 0 unspecified atom stereocenters. The maximum Gasteiger partial charge on any atom is 0.232 e. The van der Waals surface area contributed by atoms with E-state index in [1.165, 1.54) is 0 Å². The quantitative estimate of drug-likeness (QED) is 0.755. The summed E-state index contributed by atoms with van der Waals surface area (Å²) in [5.74, 6) is 1.35. The van der Waals surface area contributed by atoms with Crippen LogP contribution in [0, 0.1) is 0 Å². The number of hydrogen-bond acceptors (Lipinski definition) is 4. The molecule has 3 aromatic rings. The van der Waals surface area contributed by atoms with Crippen molar-refractivity contribution in [3.8, 4) is 11.6 Å². The Kier molecular flexibility index (Phi) is 3.82. The van der Waals surface area contributed by atoms with E-state index in [1.807, 2.05) is 24.3 Å². The van der Waals surface area contributed by atoms with E-state index in [1.54, 1.807) is 25.2 Å². The number of anilines is 1. The molecule has 0 saturated carbocycles. The van der Waals surface area contributed by atoms with E-state index in [0.29, 0.717) is 27.6 Å². The van der Waals surface area contributed by atoms with Crippen molar-refractivity contribution in [1.29, 1.82) is 0 Å². The zero-order valence-electron chi connectivity index (χ0n) is 11.1. The van der Waals surface area contributed by atoms with Gasteiger partial charge in [0.05, 0.1) is 15.9 Å². The zero-order chi connectivity index (χ0) is 14.8. The fourth-order valence-corrected chi connectivity index (χ4v) is 2.23. The normalized spacial score (nSPS) is 10.6. The smallest absolute Gasteiger partial charge is 0.232 e. The molecule has 2 aromatic carbocycles. The molecule has 0 amide bonds. The lowest BCUT2D eigenvalue weighted by molar-refractivity contribution is 0.469. The van der Waals surface area contributed by atoms with Crippen LogP contribution >= 0.6 is 23.2 Å². The topological polar surface area (TPSA) is 47.0 Å². The molecular formula is C15H11Cl2N3O. The number of ether oxygens (including phenoxy) is 1. The molecule has 0 saturated heterocycles. The maximum absolute atomic E-state index is 6.15. The largest absolute Gasteiger partial charge is 0.437 e. The van der Waals surface area contributed by atoms with Crippen LogP contribution in [0.5, 0.6) is 11.6 Å². The first kappa shape index (κ1) is 13.9. The molecule has 106 valence electrons. The monoisotopic (exact) mass is 319 g/mol. The standard InChI is InChI=1S/C15H11Cl2N3O/c1-18-15-19-11-7-3-2-5-9(11)14(20-15)21-12-8-4-6-10(16)13(12)17/h2-8H,1H3,(H,18,19,20). The third-order valence-corrected chi connectivity index (χ3v) is 3.72. The SMILES string of the molecule is CNc1nc(Oc2cccc(Cl)c2Cl)c2ccccc2n1. The Morgan fingerprint density at radius 3 is 2.62 bits per heavy atom. The van der Waals surface area contributed by atoms with Gasteiger partial charge in [-0.25, -0.2) is 4.98 Å². The highest BCUT2D eigenvalue weighted by Crippen LogP contribution is 2.36. The minimum atomic E-state index is 0.355. The van der Waals surface area contributed by atoms with Crippen LogP contribution in [-0.4, -0.2) is 17.0 Å². The van der Waals surface area contributed by atoms with E-state index in [9.17, 15) is 0 Å². The molecule has 0 aliphatic rings. The van der Waals surface area contributed by atoms with Crippen molar-refractivity contribution in [1.82, 2.24) is 9.97 Å². The van der Waals surface area contributed by atoms with Crippen LogP contribution in [0.15, 0.2) is 42.5 Å². The Morgan fingerprint density at radius 1 is 1.00 bits per heavy atom. The molecule has 0 aliphatic heterocycles. The first-order chi connectivity index (χ1) is 10.2. The second kappa shape index (κ2) is 5.76. The average Bonchev–Trinajstić information content (AvgIpc) is 2.51. The van der Waals surface area contributed by atoms with E-state index >= 15 is 0 Å². The first-order valence-corrected chi connectivity index (χ1v) is 7.01. The van der Waals surface area contributed by atoms with Crippen LogP contribution < -0.4 is 10.1 Å². The van der Waals surface area contributed by atoms with Gasteiger partial charge in [0.15, 0.2) is 0 Å². The number of fused-ring (bicyclic) bond motifs is 1. The molecule has 0 aliphatic carbocycles. The summed E-state index contributed by atoms with van der Waals surface area (Å²) < 4.78 is 5.84. The zero-order valence-corrected chi connectivity index (χ0v) is 12.6. The molecular weight excluding hydrogens is 309 g/mol. The summed E-state index contributed by atoms with van der Waals surface area (Å²) in [6, 6.07) is 12.8. The predicted molar refractivity (Wildman–Crippen MR) is 85.6 cm³/mol. The lowest BCUT2D eigenvalue weighted by atomic mass is 10.2. The Labute approximate surface area is 131 Å². The van der Waals surface area contributed by atoms with Gasteiger partial charge in [-0.1, -0.05) is 41.4 Å². The molecule has 0 bridgehead atoms. The minimum absolute atomic E-state index is 0.355. The second-order valence-electron chi connectivity index (χ2n) is 4.27. The molecule has 1 N–H and O–H groups in total. The van der Waals surface area contributed by atoms with Gasteiger partial charge < -0.3 is 10.1 Å². The average molecular weight is 320 g/mol. The Morgan fingerprint density at radius 2 is 1.81 bits per heavy atom. The van der Waals surface area contributed by atoms with Crippen molar-refractivity contribution in [2.24, 2.45) is 0 Å². The maximum atomic E-state index is 6.15. The molecule has 0 radical (unpaired) electrons. The van der Waals surface area contributed by atoms with Gasteiger partial charge in [-0.2, -0.15) is 4.98 Å². The highest BCUT2D eigenvalue weighted by Gasteiger charge is 2.12. The van der Waals surface area contributed by atoms with Crippen molar-refractivity contribution in [3.05, 3.63) is 52.5 Å². The summed E-state index contributed by atoms with van der Waals surface area (Å²) in [5, 5.41) is 4.49. The fraction of sp³-hybridized carbons (Fsp3) is 0.0667. The van der Waals surface area contributed by atoms with Crippen LogP contribution in [0.1, 0.15) is 0 Å². The number of nitrogens with one attached hydrogen (secondary N) is 1. The Bertz CT molecular complexity index is 808. The van der Waals surface area contributed by atoms with Crippen LogP contribution in [0.3, 0.4) is 0 Å². The molecule has 0 atom stereocenters. The van der Waals surface area contributed by atoms with Gasteiger partial charge in [0.2, 0.25) is 11.8 Å². The van der Waals surface area contributed by atoms with Gasteiger partial charge in [-0.3, -0.25) is 0 Å². The van der Waals surface area contributed by atoms with Gasteiger partial charge in [0, 0.05) is 7.05 Å². The number of rotatable bonds is 3. The van der Waals surface area contributed by atoms with Crippen molar-refractivity contribution in [2.45, 2.75) is 0 Å². The Balaban J connectivity index is 2.13. The summed E-state index contributed by atoms with van der Waals surface area (Å²) in [6.45, 7) is 0. The van der Waals surface area contributed by atoms with Crippen LogP contribution in [0.25, 0.3) is 10.9 Å². The summed E-state index contributed by atoms with van der Waals surface area (Å²) in [6.07, 6.45) is 0. The second-order valence-corrected chi connectivity index (χ2v) is 5.06. The first-order valence-electron chi connectivity index (χ1n) is 6.25. The summed E-state index contributed by atoms with van der Waals surface area (Å²) >= 11 is 12.2. The third kappa shape index (κ3) is 2.73. The van der Waals surface area contributed by atoms with Crippen LogP contribution in [0.2, 0.25) is 10.0 Å². The molecule has 21 heavy (non-hydrogen) atoms. The number of para-hydroxylation sites is 1. The summed E-state index contributed by atoms with van der Waals surface area (Å²) in [7, 11) is 1.75. The lowest BCUT2D eigenvalue weighted by Crippen LogP contribution is -1.99. The van der Waals surface area contributed by atoms with Crippen LogP contribution in [0.4, 0.5) is 5.95 Å². The highest BCUT2D eigenvalue weighted by atomic mass is 35.5. The number of hydrogen-bond donors (Lipinski definition) is 1. The molecule has 1 heterocycles. The fourth-order valence-electron chi connectivity index (χ4n) is 1.90. The van der Waals surface area contributed by atoms with Gasteiger partial charge in [0.1, 0.15) is 10.8 Å². The van der Waals surface area contributed by atoms with E-state index in [4.69, 9.17) is 27.9 Å². The summed E-state index contributed by atoms with van der Waals surface area (Å²) in [5.41, 5.74) is 0.782. The van der Waals surface area contributed by atoms with E-state index in [0.717, 1.165) is 10.9 Å². The van der Waals surface area contributed by atoms with Gasteiger partial charge in [-0.05, 0) is 24.3 Å². The van der Waals surface area contributed by atoms with Crippen LogP contribution in [-0.2, 0) is 0 Å². The van der Waals surface area contributed by atoms with E-state index < -0.39 is 0 Å². The van der Waals surface area contributed by atoms with Crippen molar-refractivity contribution in [3.63, 3.8) is 0 Å². The molecule has 4 nitrogen and oxygen atoms in total. The molecule has 3 rings (SSSR count). The van der Waals surface area contributed by atoms with Crippen molar-refractivity contribution < 1.29 is 4.74 Å². The van der Waals surface area contributed by atoms with Gasteiger partial charge in [-0.15, -0.1) is 0 Å². The highest BCUT2D eigenvalue weighted by molar-refractivity contribution is 6.42. The molecule has 6 heteroatoms. The lowest BCUT2D eigenvalue weighted by Gasteiger charge is -2.11. The minimum Gasteiger partial charge on any atom is -0.437 e. The van der Waals surface area contributed by atoms with Gasteiger partial charge >= 0.3 is 0 Å². The number of benzene rings is 2. The van der Waals surface area contributed by atoms with E-state index in [-0.39, 0.29) is 0 Å². The summed E-state index contributed by atoms with van der Waals surface area (Å²) in [4.78, 5) is 8.71. The predicted octanol–water partition coefficient (Wildman–Crippen LogP) is 4.77. The number of aromatic nitrogens is 2. The molecule has 0 fully saturated rings. The number of halogens is 2. The molecule has 0 spiro atoms. The molecule has 1 aromatic heterocycles. The van der Waals surface area contributed by atoms with Crippen molar-refractivity contribution >= 4 is 40.1 Å². The van der Waals surface area contributed by atoms with Gasteiger partial charge in [0.25, 0.3) is 0 Å². The van der Waals surface area contributed by atoms with E-state index in [2.05, 4.69) is 15.3 Å². The third-order valence-electron chi connectivity index (χ3n) is 2.91.